The molecule has 1 aromatic rings. The second kappa shape index (κ2) is 6.77. The van der Waals surface area contributed by atoms with Crippen molar-refractivity contribution in [2.45, 2.75) is 12.8 Å². The first kappa shape index (κ1) is 16.3. The van der Waals surface area contributed by atoms with Crippen LogP contribution in [-0.2, 0) is 21.2 Å². The lowest BCUT2D eigenvalue weighted by Crippen LogP contribution is -2.37. The number of nitrogens with zero attached hydrogens (tertiary/aromatic N) is 2. The number of benzene rings is 1. The highest BCUT2D eigenvalue weighted by Crippen LogP contribution is 2.13. The van der Waals surface area contributed by atoms with Gasteiger partial charge in [-0.3, -0.25) is 4.79 Å². The molecule has 0 spiro atoms. The molecule has 5 nitrogen and oxygen atoms in total. The second-order valence-corrected chi connectivity index (χ2v) is 7.62. The number of rotatable bonds is 3. The van der Waals surface area contributed by atoms with Crippen molar-refractivity contribution >= 4 is 27.5 Å². The topological polar surface area (TPSA) is 57.7 Å². The summed E-state index contributed by atoms with van der Waals surface area (Å²) in [7, 11) is -3.18. The van der Waals surface area contributed by atoms with E-state index in [9.17, 15) is 13.2 Å². The van der Waals surface area contributed by atoms with E-state index in [4.69, 9.17) is 11.6 Å². The first-order valence-electron chi connectivity index (χ1n) is 6.83. The van der Waals surface area contributed by atoms with Gasteiger partial charge in [0.25, 0.3) is 0 Å². The molecule has 7 heteroatoms. The Morgan fingerprint density at radius 2 is 2.00 bits per heavy atom. The van der Waals surface area contributed by atoms with Gasteiger partial charge >= 0.3 is 0 Å². The minimum Gasteiger partial charge on any atom is -0.341 e. The maximum absolute atomic E-state index is 12.3. The molecule has 1 fully saturated rings. The van der Waals surface area contributed by atoms with Gasteiger partial charge in [0, 0.05) is 31.2 Å². The normalized spacial score (nSPS) is 17.5. The number of amides is 1. The van der Waals surface area contributed by atoms with Crippen LogP contribution in [0.5, 0.6) is 0 Å². The van der Waals surface area contributed by atoms with Gasteiger partial charge in [0.1, 0.15) is 0 Å². The maximum atomic E-state index is 12.3. The van der Waals surface area contributed by atoms with Gasteiger partial charge in [-0.05, 0) is 24.1 Å². The van der Waals surface area contributed by atoms with E-state index in [1.807, 2.05) is 12.1 Å². The van der Waals surface area contributed by atoms with E-state index >= 15 is 0 Å². The Kier molecular flexibility index (Phi) is 5.24. The third-order valence-electron chi connectivity index (χ3n) is 3.52. The zero-order chi connectivity index (χ0) is 15.5. The Bertz CT molecular complexity index is 618. The van der Waals surface area contributed by atoms with Crippen LogP contribution >= 0.6 is 11.6 Å². The van der Waals surface area contributed by atoms with Crippen molar-refractivity contribution in [2.24, 2.45) is 0 Å². The van der Waals surface area contributed by atoms with E-state index in [0.29, 0.717) is 44.0 Å². The standard InChI is InChI=1S/C14H19ClN2O3S/c1-21(19,20)17-7-3-6-16(8-9-17)14(18)11-12-4-2-5-13(15)10-12/h2,4-5,10H,3,6-9,11H2,1H3. The van der Waals surface area contributed by atoms with Gasteiger partial charge in [0.05, 0.1) is 12.7 Å². The average Bonchev–Trinajstić information content (AvgIpc) is 2.63. The van der Waals surface area contributed by atoms with Crippen molar-refractivity contribution < 1.29 is 13.2 Å². The molecule has 1 amide bonds. The van der Waals surface area contributed by atoms with E-state index in [1.54, 1.807) is 17.0 Å². The largest absolute Gasteiger partial charge is 0.341 e. The summed E-state index contributed by atoms with van der Waals surface area (Å²) in [4.78, 5) is 14.0. The van der Waals surface area contributed by atoms with E-state index < -0.39 is 10.0 Å². The summed E-state index contributed by atoms with van der Waals surface area (Å²) in [6.45, 7) is 1.86. The minimum atomic E-state index is -3.18. The van der Waals surface area contributed by atoms with Crippen molar-refractivity contribution in [2.75, 3.05) is 32.4 Å². The van der Waals surface area contributed by atoms with Gasteiger partial charge in [0.2, 0.25) is 15.9 Å². The van der Waals surface area contributed by atoms with Crippen molar-refractivity contribution in [3.63, 3.8) is 0 Å². The monoisotopic (exact) mass is 330 g/mol. The Labute approximate surface area is 130 Å². The lowest BCUT2D eigenvalue weighted by atomic mass is 10.1. The highest BCUT2D eigenvalue weighted by atomic mass is 35.5. The van der Waals surface area contributed by atoms with Crippen LogP contribution in [-0.4, -0.2) is 56.0 Å². The first-order valence-corrected chi connectivity index (χ1v) is 9.06. The van der Waals surface area contributed by atoms with E-state index in [2.05, 4.69) is 0 Å². The molecule has 0 saturated carbocycles. The quantitative estimate of drug-likeness (QED) is 0.841. The van der Waals surface area contributed by atoms with Crippen LogP contribution in [0.25, 0.3) is 0 Å². The molecular formula is C14H19ClN2O3S. The first-order chi connectivity index (χ1) is 9.86. The summed E-state index contributed by atoms with van der Waals surface area (Å²) in [5, 5.41) is 0.611. The predicted octanol–water partition coefficient (Wildman–Crippen LogP) is 1.38. The molecule has 0 aromatic heterocycles. The Morgan fingerprint density at radius 3 is 2.67 bits per heavy atom. The van der Waals surface area contributed by atoms with Crippen molar-refractivity contribution in [3.8, 4) is 0 Å². The van der Waals surface area contributed by atoms with Gasteiger partial charge in [0.15, 0.2) is 0 Å². The van der Waals surface area contributed by atoms with Crippen LogP contribution < -0.4 is 0 Å². The predicted molar refractivity (Wildman–Crippen MR) is 82.8 cm³/mol. The lowest BCUT2D eigenvalue weighted by molar-refractivity contribution is -0.130. The van der Waals surface area contributed by atoms with Gasteiger partial charge in [-0.2, -0.15) is 0 Å². The van der Waals surface area contributed by atoms with Gasteiger partial charge in [-0.1, -0.05) is 23.7 Å². The summed E-state index contributed by atoms with van der Waals surface area (Å²) in [5.74, 6) is 0.00705. The van der Waals surface area contributed by atoms with Crippen LogP contribution in [0.2, 0.25) is 5.02 Å². The zero-order valence-corrected chi connectivity index (χ0v) is 13.5. The number of hydrogen-bond donors (Lipinski definition) is 0. The molecule has 1 heterocycles. The Balaban J connectivity index is 1.97. The summed E-state index contributed by atoms with van der Waals surface area (Å²) in [6, 6.07) is 7.23. The smallest absolute Gasteiger partial charge is 0.227 e. The summed E-state index contributed by atoms with van der Waals surface area (Å²) >= 11 is 5.91. The number of sulfonamides is 1. The Morgan fingerprint density at radius 1 is 1.24 bits per heavy atom. The SMILES string of the molecule is CS(=O)(=O)N1CCCN(C(=O)Cc2cccc(Cl)c2)CC1. The molecule has 2 rings (SSSR count). The number of carbonyl (C=O) groups is 1. The fourth-order valence-electron chi connectivity index (χ4n) is 2.41. The molecule has 116 valence electrons. The van der Waals surface area contributed by atoms with Crippen LogP contribution in [0.3, 0.4) is 0 Å². The highest BCUT2D eigenvalue weighted by Gasteiger charge is 2.23. The number of halogens is 1. The second-order valence-electron chi connectivity index (χ2n) is 5.20. The fourth-order valence-corrected chi connectivity index (χ4v) is 3.50. The van der Waals surface area contributed by atoms with Crippen LogP contribution in [0.4, 0.5) is 0 Å². The summed E-state index contributed by atoms with van der Waals surface area (Å²) in [6.07, 6.45) is 2.16. The van der Waals surface area contributed by atoms with Gasteiger partial charge in [-0.15, -0.1) is 0 Å². The van der Waals surface area contributed by atoms with E-state index in [1.165, 1.54) is 10.6 Å². The third-order valence-corrected chi connectivity index (χ3v) is 5.06. The van der Waals surface area contributed by atoms with Gasteiger partial charge in [-0.25, -0.2) is 12.7 Å². The molecule has 1 saturated heterocycles. The van der Waals surface area contributed by atoms with E-state index in [-0.39, 0.29) is 5.91 Å². The lowest BCUT2D eigenvalue weighted by Gasteiger charge is -2.21. The molecule has 0 N–H and O–H groups in total. The fraction of sp³-hybridized carbons (Fsp3) is 0.500. The number of carbonyl (C=O) groups excluding carboxylic acids is 1. The van der Waals surface area contributed by atoms with E-state index in [0.717, 1.165) is 5.56 Å². The average molecular weight is 331 g/mol. The molecule has 0 aliphatic carbocycles. The van der Waals surface area contributed by atoms with Gasteiger partial charge < -0.3 is 4.90 Å². The molecule has 1 aliphatic heterocycles. The van der Waals surface area contributed by atoms with Crippen molar-refractivity contribution in [1.82, 2.24) is 9.21 Å². The van der Waals surface area contributed by atoms with Crippen molar-refractivity contribution in [3.05, 3.63) is 34.9 Å². The zero-order valence-electron chi connectivity index (χ0n) is 12.0. The molecule has 1 aliphatic rings. The van der Waals surface area contributed by atoms with Crippen LogP contribution in [0.15, 0.2) is 24.3 Å². The van der Waals surface area contributed by atoms with Crippen LogP contribution in [0, 0.1) is 0 Å². The molecular weight excluding hydrogens is 312 g/mol. The maximum Gasteiger partial charge on any atom is 0.227 e. The number of hydrogen-bond acceptors (Lipinski definition) is 3. The molecule has 21 heavy (non-hydrogen) atoms. The molecule has 0 atom stereocenters. The summed E-state index contributed by atoms with van der Waals surface area (Å²) < 4.78 is 24.5. The van der Waals surface area contributed by atoms with Crippen LogP contribution in [0.1, 0.15) is 12.0 Å². The highest BCUT2D eigenvalue weighted by molar-refractivity contribution is 7.88. The minimum absolute atomic E-state index is 0.00705. The molecule has 0 bridgehead atoms. The molecule has 0 radical (unpaired) electrons. The third kappa shape index (κ3) is 4.69. The molecule has 0 unspecified atom stereocenters. The molecule has 1 aromatic carbocycles. The Hall–Kier alpha value is -1.11. The summed E-state index contributed by atoms with van der Waals surface area (Å²) in [5.41, 5.74) is 0.872. The van der Waals surface area contributed by atoms with Crippen molar-refractivity contribution in [1.29, 1.82) is 0 Å².